The first-order chi connectivity index (χ1) is 10.1. The predicted molar refractivity (Wildman–Crippen MR) is 82.2 cm³/mol. The third-order valence-electron chi connectivity index (χ3n) is 5.17. The van der Waals surface area contributed by atoms with Crippen molar-refractivity contribution in [3.63, 3.8) is 0 Å². The molecule has 1 saturated carbocycles. The number of hydrogen-bond donors (Lipinski definition) is 2. The molecule has 2 N–H and O–H groups in total. The van der Waals surface area contributed by atoms with Crippen molar-refractivity contribution in [1.29, 1.82) is 0 Å². The highest BCUT2D eigenvalue weighted by molar-refractivity contribution is 6.32. The van der Waals surface area contributed by atoms with Crippen LogP contribution in [0.25, 0.3) is 0 Å². The second kappa shape index (κ2) is 5.53. The summed E-state index contributed by atoms with van der Waals surface area (Å²) in [4.78, 5) is 12.0. The Kier molecular flexibility index (Phi) is 3.87. The average molecular weight is 309 g/mol. The lowest BCUT2D eigenvalue weighted by Crippen LogP contribution is -2.34. The maximum absolute atomic E-state index is 12.0. The highest BCUT2D eigenvalue weighted by Crippen LogP contribution is 2.50. The number of aliphatic carboxylic acids is 1. The minimum atomic E-state index is -0.941. The first-order valence-electron chi connectivity index (χ1n) is 7.83. The molecule has 2 aliphatic rings. The molecule has 0 spiro atoms. The van der Waals surface area contributed by atoms with Gasteiger partial charge in [0.1, 0.15) is 5.75 Å². The van der Waals surface area contributed by atoms with Crippen LogP contribution in [0.5, 0.6) is 5.75 Å². The van der Waals surface area contributed by atoms with Crippen LogP contribution >= 0.6 is 11.6 Å². The summed E-state index contributed by atoms with van der Waals surface area (Å²) in [7, 11) is 0. The number of carboxylic acids is 1. The lowest BCUT2D eigenvalue weighted by molar-refractivity contribution is -0.143. The summed E-state index contributed by atoms with van der Waals surface area (Å²) < 4.78 is 0. The molecule has 0 saturated heterocycles. The molecule has 114 valence electrons. The van der Waals surface area contributed by atoms with Crippen LogP contribution in [0.2, 0.25) is 5.02 Å². The molecule has 0 aromatic heterocycles. The number of phenolic OH excluding ortho intramolecular Hbond substituents is 1. The van der Waals surface area contributed by atoms with Gasteiger partial charge in [0, 0.05) is 5.56 Å². The van der Waals surface area contributed by atoms with Crippen LogP contribution < -0.4 is 0 Å². The van der Waals surface area contributed by atoms with Crippen molar-refractivity contribution in [2.24, 2.45) is 0 Å². The molecule has 0 heterocycles. The molecular weight excluding hydrogens is 288 g/mol. The van der Waals surface area contributed by atoms with Crippen molar-refractivity contribution >= 4 is 17.6 Å². The number of aromatic hydroxyl groups is 1. The number of halogens is 1. The van der Waals surface area contributed by atoms with Crippen LogP contribution in [0.3, 0.4) is 0 Å². The van der Waals surface area contributed by atoms with E-state index in [-0.39, 0.29) is 5.75 Å². The smallest absolute Gasteiger partial charge is 0.314 e. The number of benzene rings is 1. The lowest BCUT2D eigenvalue weighted by Gasteiger charge is -2.29. The van der Waals surface area contributed by atoms with E-state index >= 15 is 0 Å². The van der Waals surface area contributed by atoms with Crippen LogP contribution in [0.4, 0.5) is 0 Å². The van der Waals surface area contributed by atoms with Crippen molar-refractivity contribution < 1.29 is 15.0 Å². The molecule has 0 atom stereocenters. The van der Waals surface area contributed by atoms with Crippen LogP contribution in [0.1, 0.15) is 61.6 Å². The van der Waals surface area contributed by atoms with E-state index in [1.807, 2.05) is 6.07 Å². The molecule has 0 aliphatic heterocycles. The lowest BCUT2D eigenvalue weighted by atomic mass is 9.74. The standard InChI is InChI=1S/C17H21ClO3/c18-13-10-11-6-2-1-3-7-12(11)14(15(13)19)17(16(20)21)8-4-5-9-17/h10,19H,1-9H2,(H,20,21). The minimum absolute atomic E-state index is 0.00150. The molecule has 3 rings (SSSR count). The highest BCUT2D eigenvalue weighted by Gasteiger charge is 2.46. The Morgan fingerprint density at radius 3 is 2.43 bits per heavy atom. The Hall–Kier alpha value is -1.22. The maximum atomic E-state index is 12.0. The Labute approximate surface area is 129 Å². The van der Waals surface area contributed by atoms with Crippen LogP contribution in [0.15, 0.2) is 6.07 Å². The van der Waals surface area contributed by atoms with E-state index < -0.39 is 11.4 Å². The zero-order valence-corrected chi connectivity index (χ0v) is 12.9. The quantitative estimate of drug-likeness (QED) is 0.805. The van der Waals surface area contributed by atoms with Crippen LogP contribution in [-0.4, -0.2) is 16.2 Å². The summed E-state index contributed by atoms with van der Waals surface area (Å²) in [6.45, 7) is 0. The molecule has 1 aromatic rings. The van der Waals surface area contributed by atoms with Gasteiger partial charge in [-0.1, -0.05) is 30.9 Å². The zero-order valence-electron chi connectivity index (χ0n) is 12.1. The maximum Gasteiger partial charge on any atom is 0.314 e. The molecule has 0 radical (unpaired) electrons. The van der Waals surface area contributed by atoms with Gasteiger partial charge in [-0.25, -0.2) is 0 Å². The minimum Gasteiger partial charge on any atom is -0.506 e. The number of aryl methyl sites for hydroxylation is 1. The molecular formula is C17H21ClO3. The molecule has 1 aromatic carbocycles. The summed E-state index contributed by atoms with van der Waals surface area (Å²) in [6, 6.07) is 1.84. The Bertz CT molecular complexity index is 574. The topological polar surface area (TPSA) is 57.5 Å². The number of fused-ring (bicyclic) bond motifs is 1. The van der Waals surface area contributed by atoms with E-state index in [0.29, 0.717) is 23.4 Å². The van der Waals surface area contributed by atoms with E-state index in [1.54, 1.807) is 0 Å². The molecule has 4 heteroatoms. The molecule has 0 amide bonds. The molecule has 1 fully saturated rings. The number of carboxylic acid groups (broad SMARTS) is 1. The molecule has 3 nitrogen and oxygen atoms in total. The van der Waals surface area contributed by atoms with Gasteiger partial charge in [-0.3, -0.25) is 4.79 Å². The first-order valence-corrected chi connectivity index (χ1v) is 8.21. The number of phenols is 1. The summed E-state index contributed by atoms with van der Waals surface area (Å²) in [5.74, 6) is -0.814. The monoisotopic (exact) mass is 308 g/mol. The van der Waals surface area contributed by atoms with Crippen LogP contribution in [-0.2, 0) is 23.1 Å². The molecule has 0 unspecified atom stereocenters. The van der Waals surface area contributed by atoms with Gasteiger partial charge in [0.25, 0.3) is 0 Å². The van der Waals surface area contributed by atoms with Gasteiger partial charge in [-0.2, -0.15) is 0 Å². The van der Waals surface area contributed by atoms with Crippen molar-refractivity contribution in [3.8, 4) is 5.75 Å². The van der Waals surface area contributed by atoms with Gasteiger partial charge in [-0.15, -0.1) is 0 Å². The predicted octanol–water partition coefficient (Wildman–Crippen LogP) is 4.21. The van der Waals surface area contributed by atoms with Crippen LogP contribution in [0, 0.1) is 0 Å². The second-order valence-corrected chi connectivity index (χ2v) is 6.78. The Balaban J connectivity index is 2.25. The summed E-state index contributed by atoms with van der Waals surface area (Å²) >= 11 is 6.21. The summed E-state index contributed by atoms with van der Waals surface area (Å²) in [6.07, 6.45) is 8.07. The fraction of sp³-hybridized carbons (Fsp3) is 0.588. The van der Waals surface area contributed by atoms with Crippen molar-refractivity contribution in [1.82, 2.24) is 0 Å². The summed E-state index contributed by atoms with van der Waals surface area (Å²) in [5.41, 5.74) is 1.87. The fourth-order valence-corrected chi connectivity index (χ4v) is 4.32. The average Bonchev–Trinajstić information content (AvgIpc) is 2.83. The zero-order chi connectivity index (χ0) is 15.0. The highest BCUT2D eigenvalue weighted by atomic mass is 35.5. The third kappa shape index (κ3) is 2.32. The van der Waals surface area contributed by atoms with Gasteiger partial charge < -0.3 is 10.2 Å². The van der Waals surface area contributed by atoms with Crippen molar-refractivity contribution in [2.75, 3.05) is 0 Å². The molecule has 21 heavy (non-hydrogen) atoms. The Morgan fingerprint density at radius 2 is 1.76 bits per heavy atom. The third-order valence-corrected chi connectivity index (χ3v) is 5.46. The molecule has 2 aliphatic carbocycles. The largest absolute Gasteiger partial charge is 0.506 e. The van der Waals surface area contributed by atoms with E-state index in [4.69, 9.17) is 11.6 Å². The van der Waals surface area contributed by atoms with E-state index in [0.717, 1.165) is 56.1 Å². The number of hydrogen-bond acceptors (Lipinski definition) is 2. The summed E-state index contributed by atoms with van der Waals surface area (Å²) in [5, 5.41) is 20.7. The van der Waals surface area contributed by atoms with Gasteiger partial charge in [-0.05, 0) is 55.7 Å². The van der Waals surface area contributed by atoms with Gasteiger partial charge >= 0.3 is 5.97 Å². The van der Waals surface area contributed by atoms with E-state index in [2.05, 4.69) is 0 Å². The normalized spacial score (nSPS) is 20.8. The van der Waals surface area contributed by atoms with Gasteiger partial charge in [0.2, 0.25) is 0 Å². The van der Waals surface area contributed by atoms with Gasteiger partial charge in [0.15, 0.2) is 0 Å². The fourth-order valence-electron chi connectivity index (χ4n) is 4.10. The number of rotatable bonds is 2. The second-order valence-electron chi connectivity index (χ2n) is 6.37. The Morgan fingerprint density at radius 1 is 1.10 bits per heavy atom. The number of carbonyl (C=O) groups is 1. The van der Waals surface area contributed by atoms with Crippen molar-refractivity contribution in [3.05, 3.63) is 27.8 Å². The first kappa shape index (κ1) is 14.7. The van der Waals surface area contributed by atoms with Gasteiger partial charge in [0.05, 0.1) is 10.4 Å². The van der Waals surface area contributed by atoms with E-state index in [9.17, 15) is 15.0 Å². The van der Waals surface area contributed by atoms with E-state index in [1.165, 1.54) is 0 Å². The molecule has 0 bridgehead atoms. The van der Waals surface area contributed by atoms with Crippen molar-refractivity contribution in [2.45, 2.75) is 63.2 Å². The SMILES string of the molecule is O=C(O)C1(c2c(O)c(Cl)cc3c2CCCCC3)CCCC1.